The van der Waals surface area contributed by atoms with Crippen LogP contribution in [0, 0.1) is 5.82 Å². The third kappa shape index (κ3) is 3.19. The molecule has 1 rings (SSSR count). The van der Waals surface area contributed by atoms with Gasteiger partial charge in [-0.05, 0) is 31.2 Å². The van der Waals surface area contributed by atoms with Crippen molar-refractivity contribution in [3.63, 3.8) is 0 Å². The Balaban J connectivity index is 2.57. The molecule has 1 atom stereocenters. The monoisotopic (exact) mass is 215 g/mol. The normalized spacial score (nSPS) is 14.3. The van der Waals surface area contributed by atoms with Crippen LogP contribution < -0.4 is 5.32 Å². The van der Waals surface area contributed by atoms with Crippen molar-refractivity contribution in [1.29, 1.82) is 0 Å². The maximum atomic E-state index is 13.2. The average molecular weight is 215 g/mol. The number of carboxylic acids is 1. The van der Waals surface area contributed by atoms with E-state index in [0.29, 0.717) is 5.69 Å². The SMILES string of the molecule is CC(F)(CNc1ccc(F)cc1)C(=O)O. The summed E-state index contributed by atoms with van der Waals surface area (Å²) >= 11 is 0. The molecule has 5 heteroatoms. The molecule has 0 spiro atoms. The van der Waals surface area contributed by atoms with Crippen molar-refractivity contribution in [1.82, 2.24) is 0 Å². The van der Waals surface area contributed by atoms with Gasteiger partial charge in [0, 0.05) is 5.69 Å². The highest BCUT2D eigenvalue weighted by molar-refractivity contribution is 5.77. The maximum Gasteiger partial charge on any atom is 0.343 e. The molecule has 0 aliphatic heterocycles. The first-order chi connectivity index (χ1) is 6.92. The summed E-state index contributed by atoms with van der Waals surface area (Å²) in [7, 11) is 0. The molecule has 0 fully saturated rings. The van der Waals surface area contributed by atoms with Crippen LogP contribution in [0.2, 0.25) is 0 Å². The maximum absolute atomic E-state index is 13.2. The molecular formula is C10H11F2NO2. The molecule has 0 heterocycles. The highest BCUT2D eigenvalue weighted by atomic mass is 19.1. The molecule has 0 aliphatic rings. The summed E-state index contributed by atoms with van der Waals surface area (Å²) in [4.78, 5) is 10.4. The third-order valence-corrected chi connectivity index (χ3v) is 1.91. The third-order valence-electron chi connectivity index (χ3n) is 1.91. The minimum atomic E-state index is -2.34. The summed E-state index contributed by atoms with van der Waals surface area (Å²) in [6.45, 7) is 0.597. The fourth-order valence-electron chi connectivity index (χ4n) is 0.911. The number of halogens is 2. The van der Waals surface area contributed by atoms with Crippen LogP contribution in [0.4, 0.5) is 14.5 Å². The Hall–Kier alpha value is -1.65. The van der Waals surface area contributed by atoms with Gasteiger partial charge in [-0.15, -0.1) is 0 Å². The van der Waals surface area contributed by atoms with Crippen LogP contribution in [0.1, 0.15) is 6.92 Å². The molecule has 0 saturated heterocycles. The predicted octanol–water partition coefficient (Wildman–Crippen LogP) is 2.05. The Labute approximate surface area is 85.7 Å². The molecule has 0 bridgehead atoms. The number of hydrogen-bond donors (Lipinski definition) is 2. The van der Waals surface area contributed by atoms with Gasteiger partial charge in [-0.25, -0.2) is 13.6 Å². The van der Waals surface area contributed by atoms with Crippen LogP contribution in [0.5, 0.6) is 0 Å². The van der Waals surface area contributed by atoms with Crippen LogP contribution in [0.25, 0.3) is 0 Å². The first kappa shape index (κ1) is 11.4. The van der Waals surface area contributed by atoms with E-state index >= 15 is 0 Å². The molecule has 15 heavy (non-hydrogen) atoms. The lowest BCUT2D eigenvalue weighted by Gasteiger charge is -2.16. The van der Waals surface area contributed by atoms with Gasteiger partial charge < -0.3 is 10.4 Å². The molecule has 1 aromatic carbocycles. The Kier molecular flexibility index (Phi) is 3.24. The summed E-state index contributed by atoms with van der Waals surface area (Å²) in [6.07, 6.45) is 0. The van der Waals surface area contributed by atoms with E-state index in [2.05, 4.69) is 5.32 Å². The number of alkyl halides is 1. The van der Waals surface area contributed by atoms with Crippen molar-refractivity contribution in [3.8, 4) is 0 Å². The van der Waals surface area contributed by atoms with Crippen molar-refractivity contribution in [3.05, 3.63) is 30.1 Å². The second-order valence-electron chi connectivity index (χ2n) is 3.36. The van der Waals surface area contributed by atoms with Crippen LogP contribution in [0.15, 0.2) is 24.3 Å². The van der Waals surface area contributed by atoms with Crippen molar-refractivity contribution in [2.24, 2.45) is 0 Å². The standard InChI is InChI=1S/C10H11F2NO2/c1-10(12,9(14)15)6-13-8-4-2-7(11)3-5-8/h2-5,13H,6H2,1H3,(H,14,15). The lowest BCUT2D eigenvalue weighted by molar-refractivity contribution is -0.148. The summed E-state index contributed by atoms with van der Waals surface area (Å²) in [6, 6.07) is 5.23. The van der Waals surface area contributed by atoms with Crippen molar-refractivity contribution in [2.75, 3.05) is 11.9 Å². The van der Waals surface area contributed by atoms with Crippen LogP contribution in [-0.4, -0.2) is 23.3 Å². The molecule has 82 valence electrons. The largest absolute Gasteiger partial charge is 0.479 e. The molecule has 0 amide bonds. The van der Waals surface area contributed by atoms with Gasteiger partial charge in [-0.1, -0.05) is 0 Å². The number of carbonyl (C=O) groups is 1. The number of carboxylic acid groups (broad SMARTS) is 1. The summed E-state index contributed by atoms with van der Waals surface area (Å²) in [5.41, 5.74) is -1.87. The average Bonchev–Trinajstić information content (AvgIpc) is 2.17. The minimum absolute atomic E-state index is 0.367. The van der Waals surface area contributed by atoms with Gasteiger partial charge in [-0.3, -0.25) is 0 Å². The van der Waals surface area contributed by atoms with Gasteiger partial charge in [-0.2, -0.15) is 0 Å². The van der Waals surface area contributed by atoms with Gasteiger partial charge >= 0.3 is 5.97 Å². The van der Waals surface area contributed by atoms with Gasteiger partial charge in [0.25, 0.3) is 0 Å². The van der Waals surface area contributed by atoms with E-state index in [0.717, 1.165) is 6.92 Å². The van der Waals surface area contributed by atoms with Gasteiger partial charge in [0.05, 0.1) is 6.54 Å². The highest BCUT2D eigenvalue weighted by Crippen LogP contribution is 2.13. The molecular weight excluding hydrogens is 204 g/mol. The lowest BCUT2D eigenvalue weighted by Crippen LogP contribution is -2.37. The van der Waals surface area contributed by atoms with E-state index in [-0.39, 0.29) is 6.54 Å². The van der Waals surface area contributed by atoms with E-state index < -0.39 is 17.5 Å². The van der Waals surface area contributed by atoms with Crippen molar-refractivity contribution >= 4 is 11.7 Å². The van der Waals surface area contributed by atoms with Crippen molar-refractivity contribution < 1.29 is 18.7 Å². The first-order valence-electron chi connectivity index (χ1n) is 4.33. The Morgan fingerprint density at radius 2 is 2.00 bits per heavy atom. The van der Waals surface area contributed by atoms with Crippen molar-refractivity contribution in [2.45, 2.75) is 12.6 Å². The Morgan fingerprint density at radius 3 is 2.47 bits per heavy atom. The van der Waals surface area contributed by atoms with Gasteiger partial charge in [0.1, 0.15) is 5.82 Å². The fraction of sp³-hybridized carbons (Fsp3) is 0.300. The van der Waals surface area contributed by atoms with E-state index in [4.69, 9.17) is 5.11 Å². The van der Waals surface area contributed by atoms with Crippen LogP contribution in [0.3, 0.4) is 0 Å². The zero-order chi connectivity index (χ0) is 11.5. The van der Waals surface area contributed by atoms with E-state index in [1.165, 1.54) is 24.3 Å². The minimum Gasteiger partial charge on any atom is -0.479 e. The van der Waals surface area contributed by atoms with Crippen LogP contribution in [-0.2, 0) is 4.79 Å². The Morgan fingerprint density at radius 1 is 1.47 bits per heavy atom. The second kappa shape index (κ2) is 4.25. The summed E-state index contributed by atoms with van der Waals surface area (Å²) in [5.74, 6) is -1.93. The molecule has 0 radical (unpaired) electrons. The quantitative estimate of drug-likeness (QED) is 0.808. The zero-order valence-electron chi connectivity index (χ0n) is 8.13. The first-order valence-corrected chi connectivity index (χ1v) is 4.33. The number of hydrogen-bond acceptors (Lipinski definition) is 2. The molecule has 3 nitrogen and oxygen atoms in total. The summed E-state index contributed by atoms with van der Waals surface area (Å²) < 4.78 is 25.7. The molecule has 1 unspecified atom stereocenters. The lowest BCUT2D eigenvalue weighted by atomic mass is 10.1. The topological polar surface area (TPSA) is 49.3 Å². The van der Waals surface area contributed by atoms with E-state index in [1.54, 1.807) is 0 Å². The molecule has 0 saturated carbocycles. The number of anilines is 1. The second-order valence-corrected chi connectivity index (χ2v) is 3.36. The molecule has 0 aliphatic carbocycles. The molecule has 2 N–H and O–H groups in total. The molecule has 0 aromatic heterocycles. The zero-order valence-corrected chi connectivity index (χ0v) is 8.13. The van der Waals surface area contributed by atoms with Crippen LogP contribution >= 0.6 is 0 Å². The predicted molar refractivity (Wildman–Crippen MR) is 52.0 cm³/mol. The summed E-state index contributed by atoms with van der Waals surface area (Å²) in [5, 5.41) is 11.1. The smallest absolute Gasteiger partial charge is 0.343 e. The van der Waals surface area contributed by atoms with E-state index in [9.17, 15) is 13.6 Å². The highest BCUT2D eigenvalue weighted by Gasteiger charge is 2.32. The van der Waals surface area contributed by atoms with E-state index in [1.807, 2.05) is 0 Å². The fourth-order valence-corrected chi connectivity index (χ4v) is 0.911. The Bertz CT molecular complexity index is 349. The van der Waals surface area contributed by atoms with Gasteiger partial charge in [0.2, 0.25) is 5.67 Å². The number of aliphatic carboxylic acids is 1. The molecule has 1 aromatic rings. The van der Waals surface area contributed by atoms with Gasteiger partial charge in [0.15, 0.2) is 0 Å². The number of benzene rings is 1. The number of rotatable bonds is 4. The number of nitrogens with one attached hydrogen (secondary N) is 1.